The monoisotopic (exact) mass is 384 g/mol. The Kier molecular flexibility index (Phi) is 5.64. The lowest BCUT2D eigenvalue weighted by molar-refractivity contribution is -0.264. The van der Waals surface area contributed by atoms with Gasteiger partial charge >= 0.3 is 6.18 Å². The van der Waals surface area contributed by atoms with Gasteiger partial charge in [0.05, 0.1) is 6.42 Å². The Morgan fingerprint density at radius 1 is 1.15 bits per heavy atom. The smallest absolute Gasteiger partial charge is 0.358 e. The van der Waals surface area contributed by atoms with Crippen molar-refractivity contribution in [2.45, 2.75) is 58.7 Å². The largest absolute Gasteiger partial charge is 0.428 e. The fraction of sp³-hybridized carbons (Fsp3) is 0.619. The number of methoxy groups -OCH3 is 1. The van der Waals surface area contributed by atoms with Gasteiger partial charge < -0.3 is 4.74 Å². The minimum atomic E-state index is -4.99. The topological polar surface area (TPSA) is 43.4 Å². The van der Waals surface area contributed by atoms with E-state index in [0.717, 1.165) is 13.5 Å². The highest BCUT2D eigenvalue weighted by Crippen LogP contribution is 2.57. The first-order valence-electron chi connectivity index (χ1n) is 9.08. The van der Waals surface area contributed by atoms with Gasteiger partial charge in [-0.1, -0.05) is 58.0 Å². The first-order chi connectivity index (χ1) is 12.3. The summed E-state index contributed by atoms with van der Waals surface area (Å²) in [5.74, 6) is -1.49. The molecule has 1 aliphatic carbocycles. The number of carbonyl (C=O) groups is 2. The zero-order valence-electron chi connectivity index (χ0n) is 16.4. The summed E-state index contributed by atoms with van der Waals surface area (Å²) in [5, 5.41) is 0. The number of alkyl halides is 3. The van der Waals surface area contributed by atoms with Crippen LogP contribution < -0.4 is 0 Å². The highest BCUT2D eigenvalue weighted by molar-refractivity contribution is 6.06. The average molecular weight is 384 g/mol. The summed E-state index contributed by atoms with van der Waals surface area (Å²) in [7, 11) is 0.853. The summed E-state index contributed by atoms with van der Waals surface area (Å²) >= 11 is 0. The molecule has 3 atom stereocenters. The van der Waals surface area contributed by atoms with Gasteiger partial charge in [0.25, 0.3) is 0 Å². The molecule has 3 nitrogen and oxygen atoms in total. The number of rotatable bonds is 6. The Morgan fingerprint density at radius 2 is 1.70 bits per heavy atom. The van der Waals surface area contributed by atoms with E-state index in [1.807, 2.05) is 20.8 Å². The van der Waals surface area contributed by atoms with Crippen molar-refractivity contribution in [1.29, 1.82) is 0 Å². The molecule has 0 bridgehead atoms. The Labute approximate surface area is 158 Å². The number of carbonyl (C=O) groups excluding carboxylic acids is 2. The minimum absolute atomic E-state index is 0.241. The number of hydrogen-bond donors (Lipinski definition) is 0. The standard InChI is InChI=1S/C21H27F3O3/c1-14-11-12-19(4,18(14,2)3)16(25)13-17(26)20(27-5,21(22,23)24)15-9-7-6-8-10-15/h6-10,14H,11-13H2,1-5H3/t14?,19?,20-/m0/s1. The van der Waals surface area contributed by atoms with E-state index in [9.17, 15) is 22.8 Å². The number of hydrogen-bond acceptors (Lipinski definition) is 3. The molecule has 1 fully saturated rings. The predicted molar refractivity (Wildman–Crippen MR) is 96.1 cm³/mol. The van der Waals surface area contributed by atoms with Crippen molar-refractivity contribution < 1.29 is 27.5 Å². The molecular formula is C21H27F3O3. The quantitative estimate of drug-likeness (QED) is 0.642. The Bertz CT molecular complexity index is 711. The maximum absolute atomic E-state index is 14.0. The van der Waals surface area contributed by atoms with Gasteiger partial charge in [0.1, 0.15) is 5.78 Å². The first kappa shape index (κ1) is 21.6. The van der Waals surface area contributed by atoms with Crippen LogP contribution in [0.3, 0.4) is 0 Å². The molecular weight excluding hydrogens is 357 g/mol. The molecule has 27 heavy (non-hydrogen) atoms. The van der Waals surface area contributed by atoms with E-state index in [1.165, 1.54) is 24.3 Å². The van der Waals surface area contributed by atoms with Gasteiger partial charge in [-0.2, -0.15) is 13.2 Å². The second-order valence-electron chi connectivity index (χ2n) is 8.27. The molecule has 0 N–H and O–H groups in total. The summed E-state index contributed by atoms with van der Waals surface area (Å²) in [6.07, 6.45) is -4.43. The molecule has 0 saturated heterocycles. The highest BCUT2D eigenvalue weighted by atomic mass is 19.4. The summed E-state index contributed by atoms with van der Waals surface area (Å²) in [5.41, 5.74) is -4.70. The Morgan fingerprint density at radius 3 is 2.11 bits per heavy atom. The normalized spacial score (nSPS) is 27.2. The lowest BCUT2D eigenvalue weighted by Gasteiger charge is -2.40. The number of Topliss-reactive ketones (excluding diaryl/α,β-unsaturated/α-hetero) is 2. The molecule has 2 unspecified atom stereocenters. The van der Waals surface area contributed by atoms with Crippen molar-refractivity contribution in [3.8, 4) is 0 Å². The summed E-state index contributed by atoms with van der Waals surface area (Å²) in [6, 6.07) is 6.77. The second kappa shape index (κ2) is 7.04. The van der Waals surface area contributed by atoms with E-state index >= 15 is 0 Å². The third-order valence-corrected chi connectivity index (χ3v) is 6.95. The van der Waals surface area contributed by atoms with Crippen LogP contribution in [-0.4, -0.2) is 24.9 Å². The third-order valence-electron chi connectivity index (χ3n) is 6.95. The van der Waals surface area contributed by atoms with Crippen LogP contribution in [0.25, 0.3) is 0 Å². The molecule has 0 radical (unpaired) electrons. The summed E-state index contributed by atoms with van der Waals surface area (Å²) in [6.45, 7) is 7.67. The van der Waals surface area contributed by atoms with Crippen LogP contribution in [0.15, 0.2) is 30.3 Å². The van der Waals surface area contributed by atoms with Gasteiger partial charge in [-0.3, -0.25) is 9.59 Å². The Hall–Kier alpha value is -1.69. The van der Waals surface area contributed by atoms with Crippen molar-refractivity contribution in [2.24, 2.45) is 16.7 Å². The highest BCUT2D eigenvalue weighted by Gasteiger charge is 2.63. The van der Waals surface area contributed by atoms with Crippen LogP contribution in [-0.2, 0) is 19.9 Å². The number of halogens is 3. The van der Waals surface area contributed by atoms with Crippen molar-refractivity contribution in [1.82, 2.24) is 0 Å². The molecule has 6 heteroatoms. The zero-order valence-corrected chi connectivity index (χ0v) is 16.4. The maximum atomic E-state index is 14.0. The van der Waals surface area contributed by atoms with Crippen LogP contribution in [0.5, 0.6) is 0 Å². The van der Waals surface area contributed by atoms with Crippen molar-refractivity contribution in [3.63, 3.8) is 0 Å². The zero-order chi connectivity index (χ0) is 20.7. The van der Waals surface area contributed by atoms with Gasteiger partial charge in [0.2, 0.25) is 5.60 Å². The maximum Gasteiger partial charge on any atom is 0.428 e. The molecule has 2 rings (SSSR count). The van der Waals surface area contributed by atoms with Crippen LogP contribution in [0, 0.1) is 16.7 Å². The van der Waals surface area contributed by atoms with Crippen LogP contribution in [0.1, 0.15) is 52.5 Å². The van der Waals surface area contributed by atoms with Crippen LogP contribution in [0.4, 0.5) is 13.2 Å². The van der Waals surface area contributed by atoms with Crippen molar-refractivity contribution in [3.05, 3.63) is 35.9 Å². The van der Waals surface area contributed by atoms with Gasteiger partial charge in [-0.25, -0.2) is 0 Å². The molecule has 0 aliphatic heterocycles. The van der Waals surface area contributed by atoms with Crippen molar-refractivity contribution in [2.75, 3.05) is 7.11 Å². The number of ether oxygens (including phenoxy) is 1. The van der Waals surface area contributed by atoms with E-state index in [-0.39, 0.29) is 11.5 Å². The van der Waals surface area contributed by atoms with E-state index in [2.05, 4.69) is 0 Å². The molecule has 1 aliphatic rings. The second-order valence-corrected chi connectivity index (χ2v) is 8.27. The van der Waals surface area contributed by atoms with E-state index in [4.69, 9.17) is 4.74 Å². The lowest BCUT2D eigenvalue weighted by atomic mass is 9.63. The fourth-order valence-corrected chi connectivity index (χ4v) is 4.20. The van der Waals surface area contributed by atoms with Gasteiger partial charge in [-0.05, 0) is 24.2 Å². The van der Waals surface area contributed by atoms with Gasteiger partial charge in [0.15, 0.2) is 5.78 Å². The van der Waals surface area contributed by atoms with E-state index in [1.54, 1.807) is 13.0 Å². The number of benzene rings is 1. The summed E-state index contributed by atoms with van der Waals surface area (Å²) < 4.78 is 46.8. The molecule has 0 spiro atoms. The Balaban J connectivity index is 2.42. The van der Waals surface area contributed by atoms with Crippen molar-refractivity contribution >= 4 is 11.6 Å². The summed E-state index contributed by atoms with van der Waals surface area (Å²) in [4.78, 5) is 25.9. The van der Waals surface area contributed by atoms with Gasteiger partial charge in [0, 0.05) is 18.1 Å². The van der Waals surface area contributed by atoms with E-state index in [0.29, 0.717) is 6.42 Å². The molecule has 1 aromatic carbocycles. The molecule has 0 amide bonds. The fourth-order valence-electron chi connectivity index (χ4n) is 4.20. The molecule has 0 aromatic heterocycles. The van der Waals surface area contributed by atoms with Crippen LogP contribution in [0.2, 0.25) is 0 Å². The molecule has 0 heterocycles. The molecule has 1 aromatic rings. The lowest BCUT2D eigenvalue weighted by Crippen LogP contribution is -2.52. The average Bonchev–Trinajstić information content (AvgIpc) is 2.79. The van der Waals surface area contributed by atoms with Gasteiger partial charge in [-0.15, -0.1) is 0 Å². The van der Waals surface area contributed by atoms with Crippen LogP contribution >= 0.6 is 0 Å². The predicted octanol–water partition coefficient (Wildman–Crippen LogP) is 5.08. The first-order valence-corrected chi connectivity index (χ1v) is 9.08. The molecule has 150 valence electrons. The number of ketones is 2. The van der Waals surface area contributed by atoms with E-state index < -0.39 is 40.6 Å². The SMILES string of the molecule is CO[C@](C(=O)CC(=O)C1(C)CCC(C)C1(C)C)(c1ccccc1)C(F)(F)F. The molecule has 1 saturated carbocycles. The minimum Gasteiger partial charge on any atom is -0.358 e. The third kappa shape index (κ3) is 3.22.